The molecule has 1 heterocycles. The fourth-order valence-corrected chi connectivity index (χ4v) is 2.51. The monoisotopic (exact) mass is 344 g/mol. The first-order chi connectivity index (χ1) is 10.5. The maximum absolute atomic E-state index is 13.8. The lowest BCUT2D eigenvalue weighted by Gasteiger charge is -2.29. The van der Waals surface area contributed by atoms with Gasteiger partial charge in [0.2, 0.25) is 10.0 Å². The number of carbonyl (C=O) groups is 2. The van der Waals surface area contributed by atoms with Crippen LogP contribution < -0.4 is 10.5 Å². The lowest BCUT2D eigenvalue weighted by molar-refractivity contribution is -0.222. The largest absolute Gasteiger partial charge is 0.419 e. The molecule has 0 aliphatic carbocycles. The van der Waals surface area contributed by atoms with Gasteiger partial charge in [0.25, 0.3) is 5.79 Å². The predicted octanol–water partition coefficient (Wildman–Crippen LogP) is 0.605. The van der Waals surface area contributed by atoms with Gasteiger partial charge in [-0.05, 0) is 12.1 Å². The van der Waals surface area contributed by atoms with E-state index in [9.17, 15) is 22.4 Å². The molecule has 0 bridgehead atoms. The zero-order chi connectivity index (χ0) is 17.4. The van der Waals surface area contributed by atoms with Crippen molar-refractivity contribution in [3.05, 3.63) is 35.8 Å². The molecular formula is C13H13FN2O6S. The highest BCUT2D eigenvalue weighted by Crippen LogP contribution is 2.26. The number of cyclic esters (lactones) is 2. The van der Waals surface area contributed by atoms with E-state index >= 15 is 0 Å². The molecule has 0 spiro atoms. The summed E-state index contributed by atoms with van der Waals surface area (Å²) in [6, 6.07) is 3.20. The van der Waals surface area contributed by atoms with Gasteiger partial charge in [-0.1, -0.05) is 6.07 Å². The third kappa shape index (κ3) is 3.66. The zero-order valence-corrected chi connectivity index (χ0v) is 12.9. The maximum atomic E-state index is 13.8. The van der Waals surface area contributed by atoms with Crippen LogP contribution in [-0.4, -0.2) is 26.1 Å². The quantitative estimate of drug-likeness (QED) is 0.467. The second-order valence-electron chi connectivity index (χ2n) is 5.04. The van der Waals surface area contributed by atoms with E-state index < -0.39 is 49.7 Å². The molecule has 1 aromatic carbocycles. The minimum atomic E-state index is -4.22. The van der Waals surface area contributed by atoms with Crippen LogP contribution in [0.15, 0.2) is 34.9 Å². The van der Waals surface area contributed by atoms with Crippen LogP contribution >= 0.6 is 0 Å². The van der Waals surface area contributed by atoms with Crippen LogP contribution in [0.5, 0.6) is 0 Å². The van der Waals surface area contributed by atoms with Crippen LogP contribution in [0, 0.1) is 5.82 Å². The van der Waals surface area contributed by atoms with Crippen molar-refractivity contribution in [2.24, 2.45) is 5.14 Å². The van der Waals surface area contributed by atoms with E-state index in [1.807, 2.05) is 0 Å². The van der Waals surface area contributed by atoms with E-state index in [1.165, 1.54) is 13.8 Å². The predicted molar refractivity (Wildman–Crippen MR) is 75.7 cm³/mol. The highest BCUT2D eigenvalue weighted by molar-refractivity contribution is 7.89. The van der Waals surface area contributed by atoms with Crippen LogP contribution in [0.2, 0.25) is 0 Å². The first kappa shape index (κ1) is 16.9. The molecule has 124 valence electrons. The maximum Gasteiger partial charge on any atom is 0.350 e. The normalized spacial score (nSPS) is 17.3. The minimum absolute atomic E-state index is 0.507. The Morgan fingerprint density at radius 1 is 1.22 bits per heavy atom. The van der Waals surface area contributed by atoms with Crippen molar-refractivity contribution in [3.63, 3.8) is 0 Å². The summed E-state index contributed by atoms with van der Waals surface area (Å²) in [5.41, 5.74) is -1.05. The van der Waals surface area contributed by atoms with Gasteiger partial charge in [0.1, 0.15) is 10.7 Å². The van der Waals surface area contributed by atoms with E-state index in [4.69, 9.17) is 14.6 Å². The Morgan fingerprint density at radius 3 is 2.30 bits per heavy atom. The Bertz CT molecular complexity index is 794. The third-order valence-electron chi connectivity index (χ3n) is 2.76. The number of halogens is 1. The Balaban J connectivity index is 2.38. The summed E-state index contributed by atoms with van der Waals surface area (Å²) >= 11 is 0. The molecule has 1 saturated heterocycles. The smallest absolute Gasteiger partial charge is 0.350 e. The molecule has 0 radical (unpaired) electrons. The number of carbonyl (C=O) groups excluding carboxylic acids is 2. The highest BCUT2D eigenvalue weighted by atomic mass is 32.2. The summed E-state index contributed by atoms with van der Waals surface area (Å²) in [5, 5.41) is 7.24. The molecular weight excluding hydrogens is 331 g/mol. The summed E-state index contributed by atoms with van der Waals surface area (Å²) in [6.07, 6.45) is 0.799. The van der Waals surface area contributed by atoms with E-state index in [1.54, 1.807) is 0 Å². The van der Waals surface area contributed by atoms with Gasteiger partial charge in [0, 0.05) is 20.0 Å². The number of sulfonamides is 1. The molecule has 1 aromatic rings. The molecule has 0 saturated carbocycles. The van der Waals surface area contributed by atoms with Crippen LogP contribution in [0.25, 0.3) is 0 Å². The lowest BCUT2D eigenvalue weighted by Crippen LogP contribution is -2.42. The number of hydrogen-bond donors (Lipinski definition) is 2. The number of primary sulfonamides is 1. The zero-order valence-electron chi connectivity index (χ0n) is 12.1. The molecule has 10 heteroatoms. The highest BCUT2D eigenvalue weighted by Gasteiger charge is 2.39. The van der Waals surface area contributed by atoms with E-state index in [-0.39, 0.29) is 0 Å². The molecule has 0 amide bonds. The number of para-hydroxylation sites is 1. The molecule has 0 atom stereocenters. The van der Waals surface area contributed by atoms with Crippen molar-refractivity contribution in [2.45, 2.75) is 24.5 Å². The number of rotatable bonds is 3. The van der Waals surface area contributed by atoms with Gasteiger partial charge in [0.15, 0.2) is 5.57 Å². The lowest BCUT2D eigenvalue weighted by atomic mass is 10.2. The summed E-state index contributed by atoms with van der Waals surface area (Å²) in [4.78, 5) is 22.9. The van der Waals surface area contributed by atoms with Gasteiger partial charge >= 0.3 is 11.9 Å². The topological polar surface area (TPSA) is 125 Å². The fourth-order valence-electron chi connectivity index (χ4n) is 1.80. The Kier molecular flexibility index (Phi) is 4.14. The van der Waals surface area contributed by atoms with E-state index in [2.05, 4.69) is 5.32 Å². The van der Waals surface area contributed by atoms with Crippen LogP contribution in [0.1, 0.15) is 13.8 Å². The molecule has 0 aromatic heterocycles. The van der Waals surface area contributed by atoms with Crippen LogP contribution in [0.3, 0.4) is 0 Å². The molecule has 23 heavy (non-hydrogen) atoms. The Labute approximate surface area is 131 Å². The summed E-state index contributed by atoms with van der Waals surface area (Å²) < 4.78 is 46.4. The number of esters is 2. The van der Waals surface area contributed by atoms with Crippen LogP contribution in [-0.2, 0) is 29.1 Å². The second-order valence-corrected chi connectivity index (χ2v) is 6.57. The van der Waals surface area contributed by atoms with Crippen molar-refractivity contribution in [2.75, 3.05) is 5.32 Å². The molecule has 0 unspecified atom stereocenters. The number of nitrogens with one attached hydrogen (secondary N) is 1. The number of nitrogens with two attached hydrogens (primary N) is 1. The molecule has 1 aliphatic rings. The van der Waals surface area contributed by atoms with E-state index in [0.29, 0.717) is 0 Å². The second kappa shape index (κ2) is 5.63. The molecule has 3 N–H and O–H groups in total. The minimum Gasteiger partial charge on any atom is -0.419 e. The molecule has 2 rings (SSSR count). The van der Waals surface area contributed by atoms with Crippen molar-refractivity contribution in [1.29, 1.82) is 0 Å². The van der Waals surface area contributed by atoms with Crippen molar-refractivity contribution < 1.29 is 31.9 Å². The summed E-state index contributed by atoms with van der Waals surface area (Å²) in [7, 11) is -4.22. The molecule has 1 aliphatic heterocycles. The van der Waals surface area contributed by atoms with Gasteiger partial charge < -0.3 is 14.8 Å². The first-order valence-electron chi connectivity index (χ1n) is 6.26. The van der Waals surface area contributed by atoms with Gasteiger partial charge in [-0.15, -0.1) is 0 Å². The average molecular weight is 344 g/mol. The average Bonchev–Trinajstić information content (AvgIpc) is 2.36. The van der Waals surface area contributed by atoms with Crippen molar-refractivity contribution in [1.82, 2.24) is 0 Å². The number of benzene rings is 1. The van der Waals surface area contributed by atoms with Crippen LogP contribution in [0.4, 0.5) is 10.1 Å². The fraction of sp³-hybridized carbons (Fsp3) is 0.231. The van der Waals surface area contributed by atoms with Gasteiger partial charge in [-0.25, -0.2) is 27.5 Å². The summed E-state index contributed by atoms with van der Waals surface area (Å²) in [5.74, 6) is -4.35. The Hall–Kier alpha value is -2.46. The number of ether oxygens (including phenoxy) is 2. The van der Waals surface area contributed by atoms with Gasteiger partial charge in [0.05, 0.1) is 5.69 Å². The standard InChI is InChI=1S/C13H13FN2O6S/c1-13(2)21-11(17)7(12(18)22-13)6-16-10-8(14)4-3-5-9(10)23(15,19)20/h3-6,16H,1-2H3,(H2,15,19,20). The third-order valence-corrected chi connectivity index (χ3v) is 3.71. The summed E-state index contributed by atoms with van der Waals surface area (Å²) in [6.45, 7) is 2.73. The first-order valence-corrected chi connectivity index (χ1v) is 7.80. The van der Waals surface area contributed by atoms with Crippen molar-refractivity contribution in [3.8, 4) is 0 Å². The molecule has 8 nitrogen and oxygen atoms in total. The SMILES string of the molecule is CC1(C)OC(=O)C(=CNc2c(F)cccc2S(N)(=O)=O)C(=O)O1. The van der Waals surface area contributed by atoms with Crippen molar-refractivity contribution >= 4 is 27.6 Å². The number of anilines is 1. The Morgan fingerprint density at radius 2 is 1.78 bits per heavy atom. The van der Waals surface area contributed by atoms with Gasteiger partial charge in [-0.2, -0.15) is 0 Å². The van der Waals surface area contributed by atoms with E-state index in [0.717, 1.165) is 24.4 Å². The van der Waals surface area contributed by atoms with Gasteiger partial charge in [-0.3, -0.25) is 0 Å². The number of hydrogen-bond acceptors (Lipinski definition) is 7. The molecule has 1 fully saturated rings.